The lowest BCUT2D eigenvalue weighted by atomic mass is 10.2. The summed E-state index contributed by atoms with van der Waals surface area (Å²) in [6, 6.07) is 9.38. The lowest BCUT2D eigenvalue weighted by Gasteiger charge is -2.05. The van der Waals surface area contributed by atoms with Crippen molar-refractivity contribution in [2.45, 2.75) is 13.0 Å². The molecule has 0 aliphatic carbocycles. The Bertz CT molecular complexity index is 333. The maximum atomic E-state index is 10.5. The van der Waals surface area contributed by atoms with Gasteiger partial charge in [-0.25, -0.2) is 0 Å². The first-order valence-electron chi connectivity index (χ1n) is 4.88. The highest BCUT2D eigenvalue weighted by molar-refractivity contribution is 5.72. The molecule has 0 radical (unpaired) electrons. The van der Waals surface area contributed by atoms with Gasteiger partial charge in [0.1, 0.15) is 6.04 Å². The molecular weight excluding hydrogens is 190 g/mol. The molecule has 1 rings (SSSR count). The molecule has 2 N–H and O–H groups in total. The number of benzene rings is 1. The lowest BCUT2D eigenvalue weighted by Crippen LogP contribution is -2.33. The van der Waals surface area contributed by atoms with Crippen molar-refractivity contribution in [2.75, 3.05) is 6.54 Å². The van der Waals surface area contributed by atoms with Crippen LogP contribution in [0.5, 0.6) is 0 Å². The maximum absolute atomic E-state index is 10.5. The average molecular weight is 205 g/mol. The maximum Gasteiger partial charge on any atom is 0.320 e. The second-order valence-corrected chi connectivity index (χ2v) is 3.28. The molecule has 0 saturated carbocycles. The number of carboxylic acid groups (broad SMARTS) is 1. The Labute approximate surface area is 89.4 Å². The van der Waals surface area contributed by atoms with E-state index in [4.69, 9.17) is 5.11 Å². The summed E-state index contributed by atoms with van der Waals surface area (Å²) in [5, 5.41) is 11.5. The Morgan fingerprint density at radius 1 is 1.47 bits per heavy atom. The Hall–Kier alpha value is -1.61. The summed E-state index contributed by atoms with van der Waals surface area (Å²) >= 11 is 0. The van der Waals surface area contributed by atoms with Gasteiger partial charge in [0, 0.05) is 6.54 Å². The molecule has 1 atom stereocenters. The predicted octanol–water partition coefficient (Wildman–Crippen LogP) is 1.76. The van der Waals surface area contributed by atoms with E-state index in [1.165, 1.54) is 0 Å². The van der Waals surface area contributed by atoms with E-state index in [9.17, 15) is 4.79 Å². The summed E-state index contributed by atoms with van der Waals surface area (Å²) in [7, 11) is 0. The van der Waals surface area contributed by atoms with Crippen LogP contribution < -0.4 is 5.32 Å². The fraction of sp³-hybridized carbons (Fsp3) is 0.250. The van der Waals surface area contributed by atoms with Gasteiger partial charge in [0.15, 0.2) is 0 Å². The average Bonchev–Trinajstić information content (AvgIpc) is 2.25. The van der Waals surface area contributed by atoms with Crippen LogP contribution in [0.1, 0.15) is 12.5 Å². The normalized spacial score (nSPS) is 12.9. The van der Waals surface area contributed by atoms with Crippen LogP contribution in [0.15, 0.2) is 36.4 Å². The summed E-state index contributed by atoms with van der Waals surface area (Å²) in [5.74, 6) is -0.830. The first kappa shape index (κ1) is 11.5. The quantitative estimate of drug-likeness (QED) is 0.770. The van der Waals surface area contributed by atoms with Crippen molar-refractivity contribution in [3.05, 3.63) is 42.0 Å². The van der Waals surface area contributed by atoms with Crippen LogP contribution in [0.25, 0.3) is 6.08 Å². The molecule has 3 heteroatoms. The minimum absolute atomic E-state index is 0.509. The third-order valence-corrected chi connectivity index (χ3v) is 2.02. The molecule has 1 aromatic rings. The Kier molecular flexibility index (Phi) is 4.57. The number of carbonyl (C=O) groups is 1. The van der Waals surface area contributed by atoms with Gasteiger partial charge in [-0.1, -0.05) is 42.5 Å². The molecule has 3 nitrogen and oxygen atoms in total. The standard InChI is InChI=1S/C12H15NO2/c1-10(12(14)15)13-9-5-8-11-6-3-2-4-7-11/h2-8,10,13H,9H2,1H3,(H,14,15)/b8-5+/t10-/m0/s1. The first-order chi connectivity index (χ1) is 7.20. The van der Waals surface area contributed by atoms with Gasteiger partial charge < -0.3 is 10.4 Å². The van der Waals surface area contributed by atoms with E-state index in [1.807, 2.05) is 42.5 Å². The van der Waals surface area contributed by atoms with E-state index in [-0.39, 0.29) is 0 Å². The summed E-state index contributed by atoms with van der Waals surface area (Å²) in [4.78, 5) is 10.5. The van der Waals surface area contributed by atoms with Gasteiger partial charge in [-0.3, -0.25) is 4.79 Å². The van der Waals surface area contributed by atoms with Crippen LogP contribution >= 0.6 is 0 Å². The highest BCUT2D eigenvalue weighted by Crippen LogP contribution is 1.99. The Balaban J connectivity index is 2.32. The summed E-state index contributed by atoms with van der Waals surface area (Å²) < 4.78 is 0. The fourth-order valence-electron chi connectivity index (χ4n) is 1.09. The van der Waals surface area contributed by atoms with Gasteiger partial charge in [0.25, 0.3) is 0 Å². The second kappa shape index (κ2) is 5.98. The van der Waals surface area contributed by atoms with Crippen LogP contribution in [0.4, 0.5) is 0 Å². The lowest BCUT2D eigenvalue weighted by molar-refractivity contribution is -0.138. The molecule has 0 heterocycles. The van der Waals surface area contributed by atoms with Gasteiger partial charge in [0.05, 0.1) is 0 Å². The molecule has 0 aliphatic rings. The van der Waals surface area contributed by atoms with E-state index in [2.05, 4.69) is 5.32 Å². The highest BCUT2D eigenvalue weighted by Gasteiger charge is 2.06. The molecule has 0 aromatic heterocycles. The van der Waals surface area contributed by atoms with E-state index in [1.54, 1.807) is 6.92 Å². The minimum Gasteiger partial charge on any atom is -0.480 e. The molecular formula is C12H15NO2. The summed E-state index contributed by atoms with van der Waals surface area (Å²) in [6.45, 7) is 2.18. The molecule has 0 bridgehead atoms. The molecule has 0 amide bonds. The van der Waals surface area contributed by atoms with E-state index in [0.717, 1.165) is 5.56 Å². The minimum atomic E-state index is -0.830. The van der Waals surface area contributed by atoms with Crippen LogP contribution in [-0.2, 0) is 4.79 Å². The zero-order valence-corrected chi connectivity index (χ0v) is 8.68. The topological polar surface area (TPSA) is 49.3 Å². The Morgan fingerprint density at radius 2 is 2.13 bits per heavy atom. The van der Waals surface area contributed by atoms with Crippen LogP contribution in [-0.4, -0.2) is 23.7 Å². The smallest absolute Gasteiger partial charge is 0.320 e. The van der Waals surface area contributed by atoms with Gasteiger partial charge in [-0.15, -0.1) is 0 Å². The monoisotopic (exact) mass is 205 g/mol. The van der Waals surface area contributed by atoms with Crippen molar-refractivity contribution in [2.24, 2.45) is 0 Å². The van der Waals surface area contributed by atoms with Crippen molar-refractivity contribution in [1.29, 1.82) is 0 Å². The van der Waals surface area contributed by atoms with Crippen LogP contribution in [0.2, 0.25) is 0 Å². The van der Waals surface area contributed by atoms with Crippen molar-refractivity contribution in [3.63, 3.8) is 0 Å². The molecule has 15 heavy (non-hydrogen) atoms. The largest absolute Gasteiger partial charge is 0.480 e. The third-order valence-electron chi connectivity index (χ3n) is 2.02. The summed E-state index contributed by atoms with van der Waals surface area (Å²) in [6.07, 6.45) is 3.87. The van der Waals surface area contributed by atoms with Gasteiger partial charge in [-0.05, 0) is 12.5 Å². The van der Waals surface area contributed by atoms with Gasteiger partial charge >= 0.3 is 5.97 Å². The molecule has 0 unspecified atom stereocenters. The zero-order chi connectivity index (χ0) is 11.1. The molecule has 1 aromatic carbocycles. The number of hydrogen-bond acceptors (Lipinski definition) is 2. The molecule has 80 valence electrons. The fourth-order valence-corrected chi connectivity index (χ4v) is 1.09. The molecule has 0 fully saturated rings. The predicted molar refractivity (Wildman–Crippen MR) is 60.6 cm³/mol. The first-order valence-corrected chi connectivity index (χ1v) is 4.88. The van der Waals surface area contributed by atoms with E-state index in [0.29, 0.717) is 6.54 Å². The number of rotatable bonds is 5. The highest BCUT2D eigenvalue weighted by atomic mass is 16.4. The molecule has 0 spiro atoms. The van der Waals surface area contributed by atoms with Crippen molar-refractivity contribution >= 4 is 12.0 Å². The van der Waals surface area contributed by atoms with Gasteiger partial charge in [0.2, 0.25) is 0 Å². The van der Waals surface area contributed by atoms with Crippen molar-refractivity contribution in [1.82, 2.24) is 5.32 Å². The Morgan fingerprint density at radius 3 is 2.73 bits per heavy atom. The van der Waals surface area contributed by atoms with Crippen molar-refractivity contribution < 1.29 is 9.90 Å². The van der Waals surface area contributed by atoms with E-state index < -0.39 is 12.0 Å². The number of nitrogens with one attached hydrogen (secondary N) is 1. The number of carboxylic acids is 1. The van der Waals surface area contributed by atoms with Crippen LogP contribution in [0, 0.1) is 0 Å². The summed E-state index contributed by atoms with van der Waals surface area (Å²) in [5.41, 5.74) is 1.11. The SMILES string of the molecule is C[C@H](NC/C=C/c1ccccc1)C(=O)O. The second-order valence-electron chi connectivity index (χ2n) is 3.28. The number of aliphatic carboxylic acids is 1. The third kappa shape index (κ3) is 4.42. The molecule has 0 aliphatic heterocycles. The van der Waals surface area contributed by atoms with Gasteiger partial charge in [-0.2, -0.15) is 0 Å². The van der Waals surface area contributed by atoms with E-state index >= 15 is 0 Å². The number of hydrogen-bond donors (Lipinski definition) is 2. The zero-order valence-electron chi connectivity index (χ0n) is 8.68. The molecule has 0 saturated heterocycles. The van der Waals surface area contributed by atoms with Crippen LogP contribution in [0.3, 0.4) is 0 Å². The van der Waals surface area contributed by atoms with Crippen molar-refractivity contribution in [3.8, 4) is 0 Å².